The van der Waals surface area contributed by atoms with Crippen LogP contribution in [0.5, 0.6) is 0 Å². The first kappa shape index (κ1) is 40.1. The zero-order chi connectivity index (χ0) is 38.4. The largest absolute Gasteiger partial charge is 0.462 e. The number of hydrogen-bond acceptors (Lipinski definition) is 11. The van der Waals surface area contributed by atoms with Crippen LogP contribution in [0.1, 0.15) is 64.8 Å². The zero-order valence-electron chi connectivity index (χ0n) is 30.0. The van der Waals surface area contributed by atoms with Gasteiger partial charge in [-0.2, -0.15) is 0 Å². The molecule has 0 spiro atoms. The van der Waals surface area contributed by atoms with E-state index in [4.69, 9.17) is 15.0 Å². The quantitative estimate of drug-likeness (QED) is 0.100. The standard InChI is InChI=1S/C34H46N8O9S/c1-19-15-41(32(49)37-28(19)45)26-13-21(39-40-35)24(51-26)16-50-31(48)34(5,6)14-25(43)36-22(12-20-10-8-7-9-11-20)27(44)30(47)42-18-52-17-23(42)29(46)38-33(2,3)4/h7-11,15,21-24,26-27,44H,12-14,16-18H2,1-6H3,(H,36,43)(H,38,46)(H,37,45,49)/t21-,22+,23+,24+,26+,27+/m1/s1. The molecule has 3 amide bonds. The molecular weight excluding hydrogens is 696 g/mol. The van der Waals surface area contributed by atoms with Crippen LogP contribution in [0.25, 0.3) is 10.4 Å². The lowest BCUT2D eigenvalue weighted by Gasteiger charge is -2.32. The third-order valence-electron chi connectivity index (χ3n) is 8.64. The van der Waals surface area contributed by atoms with E-state index in [1.807, 2.05) is 26.8 Å². The molecule has 0 saturated carbocycles. The molecule has 282 valence electrons. The first-order valence-corrected chi connectivity index (χ1v) is 18.0. The van der Waals surface area contributed by atoms with Crippen molar-refractivity contribution in [3.05, 3.63) is 78.9 Å². The number of esters is 1. The van der Waals surface area contributed by atoms with Crippen LogP contribution in [0, 0.1) is 12.3 Å². The Balaban J connectivity index is 1.42. The van der Waals surface area contributed by atoms with Crippen molar-refractivity contribution in [2.75, 3.05) is 18.2 Å². The number of ether oxygens (including phenoxy) is 2. The van der Waals surface area contributed by atoms with Gasteiger partial charge in [-0.1, -0.05) is 35.4 Å². The number of aryl methyl sites for hydroxylation is 1. The first-order chi connectivity index (χ1) is 24.4. The van der Waals surface area contributed by atoms with Gasteiger partial charge in [-0.05, 0) is 59.1 Å². The van der Waals surface area contributed by atoms with E-state index in [2.05, 4.69) is 25.6 Å². The van der Waals surface area contributed by atoms with Crippen molar-refractivity contribution in [3.63, 3.8) is 0 Å². The van der Waals surface area contributed by atoms with Crippen molar-refractivity contribution < 1.29 is 33.8 Å². The maximum absolute atomic E-state index is 13.7. The predicted molar refractivity (Wildman–Crippen MR) is 191 cm³/mol. The van der Waals surface area contributed by atoms with Gasteiger partial charge in [0.1, 0.15) is 25.0 Å². The van der Waals surface area contributed by atoms with E-state index in [1.54, 1.807) is 24.3 Å². The fraction of sp³-hybridized carbons (Fsp3) is 0.588. The fourth-order valence-electron chi connectivity index (χ4n) is 5.89. The molecule has 2 fully saturated rings. The summed E-state index contributed by atoms with van der Waals surface area (Å²) in [6.45, 7) is 9.64. The molecule has 4 N–H and O–H groups in total. The molecule has 0 radical (unpaired) electrons. The number of aliphatic hydroxyl groups is 1. The third kappa shape index (κ3) is 10.2. The molecule has 2 aliphatic heterocycles. The fourth-order valence-corrected chi connectivity index (χ4v) is 7.05. The van der Waals surface area contributed by atoms with Gasteiger partial charge in [0, 0.05) is 40.8 Å². The van der Waals surface area contributed by atoms with Gasteiger partial charge in [0.25, 0.3) is 11.5 Å². The summed E-state index contributed by atoms with van der Waals surface area (Å²) >= 11 is 1.38. The first-order valence-electron chi connectivity index (χ1n) is 16.8. The number of hydrogen-bond donors (Lipinski definition) is 4. The number of nitrogens with one attached hydrogen (secondary N) is 3. The average Bonchev–Trinajstić information content (AvgIpc) is 3.72. The Bertz CT molecular complexity index is 1800. The molecule has 1 aromatic heterocycles. The number of thioether (sulfide) groups is 1. The molecule has 0 unspecified atom stereocenters. The minimum Gasteiger partial charge on any atom is -0.462 e. The van der Waals surface area contributed by atoms with Crippen LogP contribution in [0.4, 0.5) is 0 Å². The summed E-state index contributed by atoms with van der Waals surface area (Å²) in [5.74, 6) is -1.91. The summed E-state index contributed by atoms with van der Waals surface area (Å²) in [4.78, 5) is 84.0. The van der Waals surface area contributed by atoms with Crippen LogP contribution in [0.15, 0.2) is 51.2 Å². The van der Waals surface area contributed by atoms with E-state index in [0.29, 0.717) is 5.75 Å². The molecule has 52 heavy (non-hydrogen) atoms. The summed E-state index contributed by atoms with van der Waals surface area (Å²) < 4.78 is 12.6. The van der Waals surface area contributed by atoms with Gasteiger partial charge < -0.3 is 30.1 Å². The monoisotopic (exact) mass is 742 g/mol. The minimum atomic E-state index is -1.70. The van der Waals surface area contributed by atoms with Gasteiger partial charge in [0.05, 0.1) is 23.4 Å². The number of nitrogens with zero attached hydrogens (tertiary/aromatic N) is 5. The molecule has 3 heterocycles. The molecule has 2 saturated heterocycles. The zero-order valence-corrected chi connectivity index (χ0v) is 30.8. The highest BCUT2D eigenvalue weighted by atomic mass is 32.2. The SMILES string of the molecule is Cc1cn([C@@H]2C[C@@H](N=[N+]=[N-])[C@H](COC(=O)C(C)(C)CC(=O)N[C@@H](Cc3ccccc3)[C@H](O)C(=O)N3CSC[C@H]3C(=O)NC(C)(C)C)O2)c(=O)[nH]c1=O. The highest BCUT2D eigenvalue weighted by Crippen LogP contribution is 2.31. The van der Waals surface area contributed by atoms with Crippen LogP contribution in [0.3, 0.4) is 0 Å². The minimum absolute atomic E-state index is 0.0748. The van der Waals surface area contributed by atoms with Crippen LogP contribution >= 0.6 is 11.8 Å². The van der Waals surface area contributed by atoms with Crippen LogP contribution in [-0.2, 0) is 35.1 Å². The van der Waals surface area contributed by atoms with Gasteiger partial charge in [-0.25, -0.2) is 4.79 Å². The number of amides is 3. The van der Waals surface area contributed by atoms with E-state index in [0.717, 1.165) is 5.56 Å². The van der Waals surface area contributed by atoms with Crippen molar-refractivity contribution >= 4 is 35.5 Å². The second-order valence-electron chi connectivity index (χ2n) is 14.6. The highest BCUT2D eigenvalue weighted by molar-refractivity contribution is 7.99. The molecule has 2 aliphatic rings. The Kier molecular flexibility index (Phi) is 13.0. The Hall–Kier alpha value is -4.64. The van der Waals surface area contributed by atoms with Crippen molar-refractivity contribution in [1.29, 1.82) is 0 Å². The number of benzene rings is 1. The van der Waals surface area contributed by atoms with Gasteiger partial charge in [0.15, 0.2) is 6.10 Å². The number of aromatic amines is 1. The number of aliphatic hydroxyl groups excluding tert-OH is 1. The molecule has 2 aromatic rings. The van der Waals surface area contributed by atoms with Gasteiger partial charge in [0.2, 0.25) is 11.8 Å². The normalized spacial score (nSPS) is 21.5. The van der Waals surface area contributed by atoms with Gasteiger partial charge in [-0.15, -0.1) is 11.8 Å². The number of carbonyl (C=O) groups is 4. The molecule has 6 atom stereocenters. The van der Waals surface area contributed by atoms with Crippen molar-refractivity contribution in [2.45, 2.75) is 103 Å². The van der Waals surface area contributed by atoms with Crippen molar-refractivity contribution in [1.82, 2.24) is 25.1 Å². The second-order valence-corrected chi connectivity index (χ2v) is 15.6. The number of aromatic nitrogens is 2. The second kappa shape index (κ2) is 16.8. The summed E-state index contributed by atoms with van der Waals surface area (Å²) in [7, 11) is 0. The average molecular weight is 743 g/mol. The Morgan fingerprint density at radius 1 is 1.17 bits per heavy atom. The van der Waals surface area contributed by atoms with Crippen molar-refractivity contribution in [3.8, 4) is 0 Å². The van der Waals surface area contributed by atoms with E-state index < -0.39 is 76.5 Å². The topological polar surface area (TPSA) is 238 Å². The molecule has 1 aromatic carbocycles. The Morgan fingerprint density at radius 3 is 2.52 bits per heavy atom. The van der Waals surface area contributed by atoms with Gasteiger partial charge >= 0.3 is 11.7 Å². The van der Waals surface area contributed by atoms with Crippen molar-refractivity contribution in [2.24, 2.45) is 10.5 Å². The lowest BCUT2D eigenvalue weighted by atomic mass is 9.88. The smallest absolute Gasteiger partial charge is 0.330 e. The van der Waals surface area contributed by atoms with Crippen LogP contribution in [-0.4, -0.2) is 97.4 Å². The number of azide groups is 1. The van der Waals surface area contributed by atoms with E-state index >= 15 is 0 Å². The Labute approximate surface area is 304 Å². The maximum atomic E-state index is 13.7. The molecular formula is C34H46N8O9S. The lowest BCUT2D eigenvalue weighted by Crippen LogP contribution is -2.57. The molecule has 18 heteroatoms. The number of carbonyl (C=O) groups excluding carboxylic acids is 4. The highest BCUT2D eigenvalue weighted by Gasteiger charge is 2.42. The van der Waals surface area contributed by atoms with Crippen LogP contribution in [0.2, 0.25) is 0 Å². The Morgan fingerprint density at radius 2 is 1.87 bits per heavy atom. The maximum Gasteiger partial charge on any atom is 0.330 e. The van der Waals surface area contributed by atoms with Crippen LogP contribution < -0.4 is 21.9 Å². The van der Waals surface area contributed by atoms with E-state index in [9.17, 15) is 33.9 Å². The molecule has 17 nitrogen and oxygen atoms in total. The number of rotatable bonds is 13. The predicted octanol–water partition coefficient (Wildman–Crippen LogP) is 1.68. The van der Waals surface area contributed by atoms with E-state index in [-0.39, 0.29) is 43.2 Å². The summed E-state index contributed by atoms with van der Waals surface area (Å²) in [5.41, 5.74) is 6.92. The molecule has 4 rings (SSSR count). The molecule has 0 aliphatic carbocycles. The third-order valence-corrected chi connectivity index (χ3v) is 9.65. The number of H-pyrrole nitrogens is 1. The van der Waals surface area contributed by atoms with E-state index in [1.165, 1.54) is 48.2 Å². The summed E-state index contributed by atoms with van der Waals surface area (Å²) in [6, 6.07) is 6.25. The molecule has 0 bridgehead atoms. The van der Waals surface area contributed by atoms with Gasteiger partial charge in [-0.3, -0.25) is 33.5 Å². The summed E-state index contributed by atoms with van der Waals surface area (Å²) in [5, 5.41) is 20.7. The summed E-state index contributed by atoms with van der Waals surface area (Å²) in [6.07, 6.45) is -2.42. The lowest BCUT2D eigenvalue weighted by molar-refractivity contribution is -0.161.